The summed E-state index contributed by atoms with van der Waals surface area (Å²) in [6.45, 7) is 13.5. The second kappa shape index (κ2) is 10.1. The Morgan fingerprint density at radius 3 is 2.24 bits per heavy atom. The number of rotatable bonds is 12. The van der Waals surface area contributed by atoms with Gasteiger partial charge in [0.1, 0.15) is 16.6 Å². The zero-order valence-electron chi connectivity index (χ0n) is 16.7. The minimum atomic E-state index is -1.82. The molecule has 0 heterocycles. The minimum absolute atomic E-state index is 0.133. The summed E-state index contributed by atoms with van der Waals surface area (Å²) >= 11 is -1.44. The second-order valence-electron chi connectivity index (χ2n) is 8.59. The van der Waals surface area contributed by atoms with Crippen molar-refractivity contribution in [3.63, 3.8) is 0 Å². The fraction of sp³-hybridized carbons (Fsp3) is 0.882. The Hall–Kier alpha value is -0.413. The summed E-state index contributed by atoms with van der Waals surface area (Å²) in [5.74, 6) is -0.342. The van der Waals surface area contributed by atoms with Crippen LogP contribution in [0.5, 0.6) is 0 Å². The standard InChI is InChI=1S/C17H35NO5SSi/c1-16(2,10-11-17(3,4)24(18)21)22-15(20)13-14(9-8-12-19)23-25(5,6)7/h12,14H,8-11,13,18H2,1-7H3/t14-,24?/m0/s1. The molecule has 0 radical (unpaired) electrons. The molecule has 0 aromatic heterocycles. The predicted molar refractivity (Wildman–Crippen MR) is 104 cm³/mol. The molecule has 148 valence electrons. The van der Waals surface area contributed by atoms with Crippen molar-refractivity contribution in [2.75, 3.05) is 0 Å². The Morgan fingerprint density at radius 2 is 1.80 bits per heavy atom. The zero-order chi connectivity index (χ0) is 19.9. The molecule has 6 nitrogen and oxygen atoms in total. The molecule has 2 atom stereocenters. The van der Waals surface area contributed by atoms with Gasteiger partial charge in [-0.05, 0) is 60.2 Å². The summed E-state index contributed by atoms with van der Waals surface area (Å²) in [6, 6.07) is 0. The van der Waals surface area contributed by atoms with Crippen LogP contribution in [0.15, 0.2) is 0 Å². The van der Waals surface area contributed by atoms with Gasteiger partial charge in [0, 0.05) is 24.2 Å². The normalized spacial score (nSPS) is 15.6. The number of hydrogen-bond donors (Lipinski definition) is 1. The Morgan fingerprint density at radius 1 is 1.24 bits per heavy atom. The fourth-order valence-electron chi connectivity index (χ4n) is 2.25. The molecule has 0 aromatic carbocycles. The lowest BCUT2D eigenvalue weighted by atomic mass is 9.96. The highest BCUT2D eigenvalue weighted by Crippen LogP contribution is 2.27. The van der Waals surface area contributed by atoms with E-state index in [1.54, 1.807) is 0 Å². The van der Waals surface area contributed by atoms with E-state index in [-0.39, 0.29) is 18.5 Å². The van der Waals surface area contributed by atoms with Gasteiger partial charge in [-0.3, -0.25) is 4.79 Å². The topological polar surface area (TPSA) is 102 Å². The highest BCUT2D eigenvalue weighted by Gasteiger charge is 2.34. The Bertz CT molecular complexity index is 435. The van der Waals surface area contributed by atoms with E-state index in [0.29, 0.717) is 25.7 Å². The molecule has 0 saturated heterocycles. The lowest BCUT2D eigenvalue weighted by molar-refractivity contribution is -0.159. The number of nitrogens with two attached hydrogens (primary N) is 1. The molecule has 8 heteroatoms. The molecule has 2 N–H and O–H groups in total. The molecule has 25 heavy (non-hydrogen) atoms. The summed E-state index contributed by atoms with van der Waals surface area (Å²) in [4.78, 5) is 22.9. The summed E-state index contributed by atoms with van der Waals surface area (Å²) in [6.07, 6.45) is 2.69. The Labute approximate surface area is 156 Å². The SMILES string of the molecule is CC(C)(CCC(C)(C)[S+](N)[O-])OC(=O)C[C@H](CCC=O)O[Si](C)(C)C. The molecular weight excluding hydrogens is 358 g/mol. The van der Waals surface area contributed by atoms with Gasteiger partial charge >= 0.3 is 5.97 Å². The Balaban J connectivity index is 4.67. The molecule has 0 bridgehead atoms. The van der Waals surface area contributed by atoms with Gasteiger partial charge in [0.25, 0.3) is 0 Å². The molecule has 0 aliphatic rings. The number of aldehydes is 1. The molecule has 0 aliphatic heterocycles. The fourth-order valence-corrected chi connectivity index (χ4v) is 3.75. The van der Waals surface area contributed by atoms with Gasteiger partial charge in [0.2, 0.25) is 0 Å². The van der Waals surface area contributed by atoms with Gasteiger partial charge in [-0.15, -0.1) is 0 Å². The van der Waals surface area contributed by atoms with Gasteiger partial charge < -0.3 is 18.5 Å². The first kappa shape index (κ1) is 24.6. The third-order valence-corrected chi connectivity index (χ3v) is 6.12. The molecule has 0 aliphatic carbocycles. The van der Waals surface area contributed by atoms with E-state index in [2.05, 4.69) is 0 Å². The van der Waals surface area contributed by atoms with Crippen LogP contribution < -0.4 is 5.14 Å². The highest BCUT2D eigenvalue weighted by atomic mass is 32.2. The number of esters is 1. The van der Waals surface area contributed by atoms with Crippen molar-refractivity contribution in [3.8, 4) is 0 Å². The molecule has 0 amide bonds. The summed E-state index contributed by atoms with van der Waals surface area (Å²) in [5.41, 5.74) is -0.678. The van der Waals surface area contributed by atoms with Gasteiger partial charge in [-0.25, -0.2) is 0 Å². The average Bonchev–Trinajstić information content (AvgIpc) is 2.40. The van der Waals surface area contributed by atoms with Gasteiger partial charge in [-0.1, -0.05) is 0 Å². The molecular formula is C17H35NO5SSi. The molecule has 0 saturated carbocycles. The average molecular weight is 394 g/mol. The summed E-state index contributed by atoms with van der Waals surface area (Å²) < 4.78 is 22.6. The van der Waals surface area contributed by atoms with Crippen LogP contribution in [0.3, 0.4) is 0 Å². The molecule has 1 unspecified atom stereocenters. The maximum atomic E-state index is 12.3. The van der Waals surface area contributed by atoms with E-state index in [1.807, 2.05) is 47.3 Å². The number of carbonyl (C=O) groups is 2. The van der Waals surface area contributed by atoms with Crippen molar-refractivity contribution in [3.05, 3.63) is 0 Å². The van der Waals surface area contributed by atoms with Crippen LogP contribution in [-0.4, -0.2) is 41.6 Å². The summed E-state index contributed by atoms with van der Waals surface area (Å²) in [5, 5.41) is 5.50. The van der Waals surface area contributed by atoms with Crippen molar-refractivity contribution < 1.29 is 23.3 Å². The van der Waals surface area contributed by atoms with Crippen LogP contribution in [0.4, 0.5) is 0 Å². The lowest BCUT2D eigenvalue weighted by Gasteiger charge is -2.31. The Kier molecular flexibility index (Phi) is 9.89. The number of ether oxygens (including phenoxy) is 1. The number of hydrogen-bond acceptors (Lipinski definition) is 6. The van der Waals surface area contributed by atoms with E-state index < -0.39 is 30.0 Å². The van der Waals surface area contributed by atoms with Gasteiger partial charge in [0.05, 0.1) is 12.5 Å². The van der Waals surface area contributed by atoms with Crippen LogP contribution >= 0.6 is 0 Å². The molecule has 0 spiro atoms. The van der Waals surface area contributed by atoms with Crippen LogP contribution in [-0.2, 0) is 30.1 Å². The first-order valence-electron chi connectivity index (χ1n) is 8.68. The van der Waals surface area contributed by atoms with E-state index in [4.69, 9.17) is 14.3 Å². The van der Waals surface area contributed by atoms with E-state index in [0.717, 1.165) is 6.29 Å². The predicted octanol–water partition coefficient (Wildman–Crippen LogP) is 3.08. The maximum Gasteiger partial charge on any atom is 0.308 e. The third kappa shape index (κ3) is 11.7. The van der Waals surface area contributed by atoms with Gasteiger partial charge in [0.15, 0.2) is 8.32 Å². The first-order valence-corrected chi connectivity index (χ1v) is 13.3. The van der Waals surface area contributed by atoms with Crippen LogP contribution in [0, 0.1) is 0 Å². The van der Waals surface area contributed by atoms with E-state index >= 15 is 0 Å². The smallest absolute Gasteiger partial charge is 0.308 e. The molecule has 0 fully saturated rings. The van der Waals surface area contributed by atoms with Crippen molar-refractivity contribution in [2.45, 2.75) is 95.9 Å². The van der Waals surface area contributed by atoms with Crippen LogP contribution in [0.2, 0.25) is 19.6 Å². The quantitative estimate of drug-likeness (QED) is 0.237. The minimum Gasteiger partial charge on any atom is -0.598 e. The third-order valence-electron chi connectivity index (χ3n) is 3.78. The second-order valence-corrected chi connectivity index (χ2v) is 14.8. The highest BCUT2D eigenvalue weighted by molar-refractivity contribution is 7.90. The van der Waals surface area contributed by atoms with Crippen LogP contribution in [0.25, 0.3) is 0 Å². The largest absolute Gasteiger partial charge is 0.598 e. The maximum absolute atomic E-state index is 12.3. The van der Waals surface area contributed by atoms with E-state index in [9.17, 15) is 14.1 Å². The van der Waals surface area contributed by atoms with Crippen LogP contribution in [0.1, 0.15) is 59.8 Å². The van der Waals surface area contributed by atoms with Crippen molar-refractivity contribution >= 4 is 31.9 Å². The monoisotopic (exact) mass is 393 g/mol. The first-order chi connectivity index (χ1) is 11.2. The van der Waals surface area contributed by atoms with Crippen molar-refractivity contribution in [2.24, 2.45) is 5.14 Å². The van der Waals surface area contributed by atoms with Crippen molar-refractivity contribution in [1.82, 2.24) is 0 Å². The molecule has 0 rings (SSSR count). The van der Waals surface area contributed by atoms with E-state index in [1.165, 1.54) is 0 Å². The summed E-state index contributed by atoms with van der Waals surface area (Å²) in [7, 11) is -1.82. The zero-order valence-corrected chi connectivity index (χ0v) is 18.5. The molecule has 0 aromatic rings. The van der Waals surface area contributed by atoms with Crippen molar-refractivity contribution in [1.29, 1.82) is 0 Å². The lowest BCUT2D eigenvalue weighted by Crippen LogP contribution is -2.40. The van der Waals surface area contributed by atoms with Gasteiger partial charge in [-0.2, -0.15) is 5.14 Å². The number of carbonyl (C=O) groups excluding carboxylic acids is 2.